The summed E-state index contributed by atoms with van der Waals surface area (Å²) in [5.74, 6) is 0.210. The van der Waals surface area contributed by atoms with Gasteiger partial charge in [0.25, 0.3) is 0 Å². The largest absolute Gasteiger partial charge is 0.369 e. The maximum atomic E-state index is 13.3. The zero-order valence-corrected chi connectivity index (χ0v) is 14.8. The van der Waals surface area contributed by atoms with Gasteiger partial charge in [-0.3, -0.25) is 4.79 Å². The first kappa shape index (κ1) is 17.6. The van der Waals surface area contributed by atoms with E-state index in [9.17, 15) is 9.18 Å². The normalized spacial score (nSPS) is 21.3. The summed E-state index contributed by atoms with van der Waals surface area (Å²) >= 11 is 0. The third kappa shape index (κ3) is 3.58. The van der Waals surface area contributed by atoms with E-state index in [1.165, 1.54) is 12.1 Å². The summed E-state index contributed by atoms with van der Waals surface area (Å²) in [5, 5.41) is 3.05. The van der Waals surface area contributed by atoms with Gasteiger partial charge in [0.15, 0.2) is 0 Å². The third-order valence-corrected chi connectivity index (χ3v) is 4.83. The molecule has 1 saturated heterocycles. The van der Waals surface area contributed by atoms with Crippen LogP contribution in [0.2, 0.25) is 0 Å². The van der Waals surface area contributed by atoms with Crippen LogP contribution in [-0.4, -0.2) is 22.1 Å². The number of nitrogens with zero attached hydrogens (tertiary/aromatic N) is 2. The maximum absolute atomic E-state index is 13.3. The number of halogens is 1. The van der Waals surface area contributed by atoms with Crippen LogP contribution in [0.3, 0.4) is 0 Å². The van der Waals surface area contributed by atoms with Crippen LogP contribution in [0.5, 0.6) is 0 Å². The number of rotatable bonds is 5. The lowest BCUT2D eigenvalue weighted by Gasteiger charge is -2.22. The number of aromatic nitrogens is 2. The van der Waals surface area contributed by atoms with Crippen LogP contribution >= 0.6 is 0 Å². The van der Waals surface area contributed by atoms with Gasteiger partial charge in [0, 0.05) is 25.5 Å². The van der Waals surface area contributed by atoms with E-state index in [4.69, 9.17) is 4.74 Å². The molecule has 25 heavy (non-hydrogen) atoms. The lowest BCUT2D eigenvalue weighted by Crippen LogP contribution is -2.35. The standard InChI is InChI=1S/C19H24FN3O2/c1-4-23-9-8-21-18(23)17-16(7-10-25-17)19(24)22-13(3)15-6-5-14(20)11-12(15)2/h5-6,8-9,11,13,16-17H,4,7,10H2,1-3H3,(H,22,24)/t13-,16-,17-/m1/s1. The Labute approximate surface area is 147 Å². The van der Waals surface area contributed by atoms with Crippen LogP contribution in [-0.2, 0) is 16.1 Å². The van der Waals surface area contributed by atoms with Crippen molar-refractivity contribution in [3.05, 3.63) is 53.4 Å². The van der Waals surface area contributed by atoms with Gasteiger partial charge >= 0.3 is 0 Å². The molecule has 3 rings (SSSR count). The van der Waals surface area contributed by atoms with Gasteiger partial charge in [-0.05, 0) is 50.5 Å². The second-order valence-corrected chi connectivity index (χ2v) is 6.49. The lowest BCUT2D eigenvalue weighted by molar-refractivity contribution is -0.127. The number of nitrogens with one attached hydrogen (secondary N) is 1. The monoisotopic (exact) mass is 345 g/mol. The fraction of sp³-hybridized carbons (Fsp3) is 0.474. The molecule has 6 heteroatoms. The Morgan fingerprint density at radius 3 is 3.04 bits per heavy atom. The lowest BCUT2D eigenvalue weighted by atomic mass is 9.97. The molecule has 0 saturated carbocycles. The molecule has 1 amide bonds. The summed E-state index contributed by atoms with van der Waals surface area (Å²) in [5.41, 5.74) is 1.74. The Morgan fingerprint density at radius 1 is 1.52 bits per heavy atom. The quantitative estimate of drug-likeness (QED) is 0.904. The van der Waals surface area contributed by atoms with Gasteiger partial charge < -0.3 is 14.6 Å². The van der Waals surface area contributed by atoms with Gasteiger partial charge in [-0.1, -0.05) is 6.07 Å². The molecule has 3 atom stereocenters. The van der Waals surface area contributed by atoms with Gasteiger partial charge in [0.1, 0.15) is 17.7 Å². The molecule has 0 radical (unpaired) electrons. The number of carbonyl (C=O) groups excluding carboxylic acids is 1. The molecule has 0 bridgehead atoms. The van der Waals surface area contributed by atoms with Crippen molar-refractivity contribution in [2.75, 3.05) is 6.61 Å². The number of hydrogen-bond donors (Lipinski definition) is 1. The molecule has 134 valence electrons. The van der Waals surface area contributed by atoms with E-state index in [1.54, 1.807) is 12.3 Å². The number of benzene rings is 1. The van der Waals surface area contributed by atoms with E-state index in [-0.39, 0.29) is 29.8 Å². The summed E-state index contributed by atoms with van der Waals surface area (Å²) in [6.45, 7) is 7.13. The van der Waals surface area contributed by atoms with Crippen LogP contribution < -0.4 is 5.32 Å². The van der Waals surface area contributed by atoms with Crippen molar-refractivity contribution >= 4 is 5.91 Å². The highest BCUT2D eigenvalue weighted by Gasteiger charge is 2.38. The average molecular weight is 345 g/mol. The molecule has 5 nitrogen and oxygen atoms in total. The Hall–Kier alpha value is -2.21. The first-order valence-corrected chi connectivity index (χ1v) is 8.70. The summed E-state index contributed by atoms with van der Waals surface area (Å²) in [7, 11) is 0. The molecule has 2 aromatic rings. The van der Waals surface area contributed by atoms with Gasteiger partial charge in [0.2, 0.25) is 5.91 Å². The highest BCUT2D eigenvalue weighted by Crippen LogP contribution is 2.34. The van der Waals surface area contributed by atoms with Crippen molar-refractivity contribution in [3.8, 4) is 0 Å². The molecular formula is C19H24FN3O2. The van der Waals surface area contributed by atoms with Crippen molar-refractivity contribution < 1.29 is 13.9 Å². The highest BCUT2D eigenvalue weighted by atomic mass is 19.1. The van der Waals surface area contributed by atoms with E-state index in [1.807, 2.05) is 31.5 Å². The van der Waals surface area contributed by atoms with Gasteiger partial charge in [-0.15, -0.1) is 0 Å². The molecule has 1 fully saturated rings. The van der Waals surface area contributed by atoms with E-state index in [2.05, 4.69) is 10.3 Å². The van der Waals surface area contributed by atoms with Crippen LogP contribution in [0.25, 0.3) is 0 Å². The van der Waals surface area contributed by atoms with Crippen molar-refractivity contribution in [1.82, 2.24) is 14.9 Å². The minimum Gasteiger partial charge on any atom is -0.369 e. The molecule has 0 spiro atoms. The zero-order valence-electron chi connectivity index (χ0n) is 14.8. The fourth-order valence-corrected chi connectivity index (χ4v) is 3.48. The second-order valence-electron chi connectivity index (χ2n) is 6.49. The Kier molecular flexibility index (Phi) is 5.18. The van der Waals surface area contributed by atoms with Crippen molar-refractivity contribution in [2.24, 2.45) is 5.92 Å². The number of ether oxygens (including phenoxy) is 1. The zero-order chi connectivity index (χ0) is 18.0. The first-order chi connectivity index (χ1) is 12.0. The molecule has 1 N–H and O–H groups in total. The Balaban J connectivity index is 1.73. The minimum atomic E-state index is -0.323. The summed E-state index contributed by atoms with van der Waals surface area (Å²) in [6, 6.07) is 4.43. The first-order valence-electron chi connectivity index (χ1n) is 8.70. The van der Waals surface area contributed by atoms with Crippen LogP contribution in [0.1, 0.15) is 49.4 Å². The highest BCUT2D eigenvalue weighted by molar-refractivity contribution is 5.80. The van der Waals surface area contributed by atoms with Crippen LogP contribution in [0.4, 0.5) is 4.39 Å². The van der Waals surface area contributed by atoms with E-state index in [0.717, 1.165) is 23.5 Å². The van der Waals surface area contributed by atoms with Gasteiger partial charge in [0.05, 0.1) is 12.0 Å². The molecule has 1 aliphatic heterocycles. The summed E-state index contributed by atoms with van der Waals surface area (Å²) < 4.78 is 21.1. The molecule has 1 aliphatic rings. The molecule has 2 heterocycles. The average Bonchev–Trinajstić information content (AvgIpc) is 3.22. The molecular weight excluding hydrogens is 321 g/mol. The van der Waals surface area contributed by atoms with Gasteiger partial charge in [-0.2, -0.15) is 0 Å². The number of hydrogen-bond acceptors (Lipinski definition) is 3. The molecule has 1 aromatic heterocycles. The third-order valence-electron chi connectivity index (χ3n) is 4.83. The van der Waals surface area contributed by atoms with Crippen LogP contribution in [0, 0.1) is 18.7 Å². The van der Waals surface area contributed by atoms with Crippen LogP contribution in [0.15, 0.2) is 30.6 Å². The van der Waals surface area contributed by atoms with Gasteiger partial charge in [-0.25, -0.2) is 9.37 Å². The fourth-order valence-electron chi connectivity index (χ4n) is 3.48. The summed E-state index contributed by atoms with van der Waals surface area (Å²) in [4.78, 5) is 17.2. The number of imidazole rings is 1. The smallest absolute Gasteiger partial charge is 0.226 e. The van der Waals surface area contributed by atoms with E-state index in [0.29, 0.717) is 13.0 Å². The Morgan fingerprint density at radius 2 is 2.32 bits per heavy atom. The number of aryl methyl sites for hydroxylation is 2. The predicted octanol–water partition coefficient (Wildman–Crippen LogP) is 3.31. The minimum absolute atomic E-state index is 0.0515. The number of amides is 1. The SMILES string of the molecule is CCn1ccnc1[C@@H]1OCC[C@H]1C(=O)N[C@H](C)c1ccc(F)cc1C. The second kappa shape index (κ2) is 7.35. The van der Waals surface area contributed by atoms with E-state index < -0.39 is 0 Å². The van der Waals surface area contributed by atoms with E-state index >= 15 is 0 Å². The maximum Gasteiger partial charge on any atom is 0.226 e. The van der Waals surface area contributed by atoms with Crippen molar-refractivity contribution in [2.45, 2.75) is 45.9 Å². The molecule has 0 aliphatic carbocycles. The van der Waals surface area contributed by atoms with Crippen molar-refractivity contribution in [3.63, 3.8) is 0 Å². The molecule has 0 unspecified atom stereocenters. The predicted molar refractivity (Wildman–Crippen MR) is 92.4 cm³/mol. The number of carbonyl (C=O) groups is 1. The topological polar surface area (TPSA) is 56.2 Å². The van der Waals surface area contributed by atoms with Crippen molar-refractivity contribution in [1.29, 1.82) is 0 Å². The molecule has 1 aromatic carbocycles. The Bertz CT molecular complexity index is 759. The summed E-state index contributed by atoms with van der Waals surface area (Å²) in [6.07, 6.45) is 3.98.